The number of amides is 2. The van der Waals surface area contributed by atoms with Crippen LogP contribution in [-0.4, -0.2) is 35.4 Å². The third kappa shape index (κ3) is 6.17. The van der Waals surface area contributed by atoms with E-state index in [-0.39, 0.29) is 24.2 Å². The summed E-state index contributed by atoms with van der Waals surface area (Å²) < 4.78 is 42.1. The van der Waals surface area contributed by atoms with Gasteiger partial charge in [-0.1, -0.05) is 24.3 Å². The largest absolute Gasteiger partial charge is 0.435 e. The SMILES string of the molecule is C[C@@H](CNC(=O)Nc1ccc(OC(F)F)cc1)Nc1nnc(-c2ccc(F)cc2)c2ccccc12. The topological polar surface area (TPSA) is 88.2 Å². The van der Waals surface area contributed by atoms with Crippen LogP contribution in [0.4, 0.5) is 29.5 Å². The Morgan fingerprint density at radius 2 is 1.63 bits per heavy atom. The van der Waals surface area contributed by atoms with Crippen molar-refractivity contribution in [3.05, 3.63) is 78.6 Å². The highest BCUT2D eigenvalue weighted by Gasteiger charge is 2.13. The summed E-state index contributed by atoms with van der Waals surface area (Å²) in [5, 5.41) is 19.0. The third-order valence-corrected chi connectivity index (χ3v) is 5.09. The van der Waals surface area contributed by atoms with E-state index in [2.05, 4.69) is 30.9 Å². The first-order chi connectivity index (χ1) is 16.9. The minimum absolute atomic E-state index is 0.00237. The molecular weight excluding hydrogens is 459 g/mol. The minimum Gasteiger partial charge on any atom is -0.435 e. The van der Waals surface area contributed by atoms with Crippen molar-refractivity contribution in [1.29, 1.82) is 0 Å². The molecule has 0 aliphatic heterocycles. The van der Waals surface area contributed by atoms with Gasteiger partial charge >= 0.3 is 12.6 Å². The first-order valence-corrected chi connectivity index (χ1v) is 10.8. The molecule has 1 atom stereocenters. The summed E-state index contributed by atoms with van der Waals surface area (Å²) in [6.45, 7) is -0.762. The molecule has 4 rings (SSSR count). The Morgan fingerprint density at radius 1 is 0.943 bits per heavy atom. The zero-order valence-corrected chi connectivity index (χ0v) is 18.6. The number of hydrogen-bond acceptors (Lipinski definition) is 5. The molecule has 0 saturated carbocycles. The zero-order chi connectivity index (χ0) is 24.8. The number of urea groups is 1. The van der Waals surface area contributed by atoms with Crippen molar-refractivity contribution < 1.29 is 22.7 Å². The molecule has 0 fully saturated rings. The predicted molar refractivity (Wildman–Crippen MR) is 128 cm³/mol. The number of anilines is 2. The number of carbonyl (C=O) groups excluding carboxylic acids is 1. The summed E-state index contributed by atoms with van der Waals surface area (Å²) in [6, 6.07) is 18.6. The van der Waals surface area contributed by atoms with Crippen LogP contribution in [0.2, 0.25) is 0 Å². The lowest BCUT2D eigenvalue weighted by Gasteiger charge is -2.17. The van der Waals surface area contributed by atoms with E-state index < -0.39 is 12.6 Å². The molecule has 4 aromatic rings. The number of alkyl halides is 2. The van der Waals surface area contributed by atoms with Crippen molar-refractivity contribution in [2.75, 3.05) is 17.2 Å². The van der Waals surface area contributed by atoms with Gasteiger partial charge in [-0.25, -0.2) is 9.18 Å². The second kappa shape index (κ2) is 10.7. The molecule has 10 heteroatoms. The third-order valence-electron chi connectivity index (χ3n) is 5.09. The van der Waals surface area contributed by atoms with Gasteiger partial charge in [0.25, 0.3) is 0 Å². The fourth-order valence-corrected chi connectivity index (χ4v) is 3.46. The molecule has 0 bridgehead atoms. The Bertz CT molecular complexity index is 1300. The smallest absolute Gasteiger partial charge is 0.387 e. The fraction of sp³-hybridized carbons (Fsp3) is 0.160. The number of ether oxygens (including phenoxy) is 1. The van der Waals surface area contributed by atoms with Crippen LogP contribution >= 0.6 is 0 Å². The second-order valence-electron chi connectivity index (χ2n) is 7.73. The Hall–Kier alpha value is -4.34. The lowest BCUT2D eigenvalue weighted by Crippen LogP contribution is -2.37. The van der Waals surface area contributed by atoms with Crippen molar-refractivity contribution in [2.24, 2.45) is 0 Å². The number of nitrogens with one attached hydrogen (secondary N) is 3. The number of rotatable bonds is 8. The monoisotopic (exact) mass is 481 g/mol. The predicted octanol–water partition coefficient (Wildman–Crippen LogP) is 5.66. The van der Waals surface area contributed by atoms with Gasteiger partial charge in [-0.05, 0) is 55.5 Å². The lowest BCUT2D eigenvalue weighted by atomic mass is 10.0. The fourth-order valence-electron chi connectivity index (χ4n) is 3.46. The Morgan fingerprint density at radius 3 is 2.31 bits per heavy atom. The highest BCUT2D eigenvalue weighted by atomic mass is 19.3. The zero-order valence-electron chi connectivity index (χ0n) is 18.6. The summed E-state index contributed by atoms with van der Waals surface area (Å²) in [7, 11) is 0. The Balaban J connectivity index is 1.38. The van der Waals surface area contributed by atoms with Gasteiger partial charge in [-0.3, -0.25) is 0 Å². The average molecular weight is 481 g/mol. The number of benzene rings is 3. The van der Waals surface area contributed by atoms with E-state index in [0.717, 1.165) is 16.3 Å². The van der Waals surface area contributed by atoms with Crippen molar-refractivity contribution in [3.63, 3.8) is 0 Å². The molecule has 3 aromatic carbocycles. The highest BCUT2D eigenvalue weighted by Crippen LogP contribution is 2.30. The summed E-state index contributed by atoms with van der Waals surface area (Å²) in [5.74, 6) is 0.228. The van der Waals surface area contributed by atoms with E-state index in [1.807, 2.05) is 31.2 Å². The maximum absolute atomic E-state index is 13.3. The first kappa shape index (κ1) is 23.8. The van der Waals surface area contributed by atoms with E-state index in [4.69, 9.17) is 0 Å². The van der Waals surface area contributed by atoms with Crippen molar-refractivity contribution in [2.45, 2.75) is 19.6 Å². The van der Waals surface area contributed by atoms with Gasteiger partial charge in [0.2, 0.25) is 0 Å². The van der Waals surface area contributed by atoms with Gasteiger partial charge < -0.3 is 20.7 Å². The lowest BCUT2D eigenvalue weighted by molar-refractivity contribution is -0.0498. The molecule has 1 heterocycles. The van der Waals surface area contributed by atoms with Gasteiger partial charge in [-0.15, -0.1) is 10.2 Å². The van der Waals surface area contributed by atoms with Crippen LogP contribution in [0, 0.1) is 5.82 Å². The van der Waals surface area contributed by atoms with Crippen molar-refractivity contribution in [3.8, 4) is 17.0 Å². The van der Waals surface area contributed by atoms with Gasteiger partial charge in [0.15, 0.2) is 5.82 Å². The summed E-state index contributed by atoms with van der Waals surface area (Å²) in [4.78, 5) is 12.2. The van der Waals surface area contributed by atoms with Crippen LogP contribution in [0.3, 0.4) is 0 Å². The molecule has 35 heavy (non-hydrogen) atoms. The van der Waals surface area contributed by atoms with Gasteiger partial charge in [0, 0.05) is 34.6 Å². The van der Waals surface area contributed by atoms with Gasteiger partial charge in [-0.2, -0.15) is 8.78 Å². The molecule has 0 radical (unpaired) electrons. The number of nitrogens with zero attached hydrogens (tertiary/aromatic N) is 2. The molecular formula is C25H22F3N5O2. The van der Waals surface area contributed by atoms with Gasteiger partial charge in [0.05, 0.1) is 0 Å². The van der Waals surface area contributed by atoms with Crippen molar-refractivity contribution >= 4 is 28.3 Å². The van der Waals surface area contributed by atoms with Crippen LogP contribution in [-0.2, 0) is 0 Å². The number of fused-ring (bicyclic) bond motifs is 1. The van der Waals surface area contributed by atoms with Gasteiger partial charge in [0.1, 0.15) is 17.3 Å². The maximum Gasteiger partial charge on any atom is 0.387 e. The number of aromatic nitrogens is 2. The normalized spacial score (nSPS) is 11.8. The molecule has 0 aliphatic rings. The number of hydrogen-bond donors (Lipinski definition) is 3. The van der Waals surface area contributed by atoms with E-state index in [0.29, 0.717) is 17.2 Å². The minimum atomic E-state index is -2.91. The standard InChI is InChI=1S/C25H22F3N5O2/c1-15(14-29-25(34)31-18-10-12-19(13-11-18)35-24(27)28)30-23-21-5-3-2-4-20(21)22(32-33-23)16-6-8-17(26)9-7-16/h2-13,15,24H,14H2,1H3,(H,30,33)(H2,29,31,34)/t15-/m0/s1. The van der Waals surface area contributed by atoms with Crippen LogP contribution in [0.1, 0.15) is 6.92 Å². The molecule has 180 valence electrons. The number of halogens is 3. The first-order valence-electron chi connectivity index (χ1n) is 10.8. The second-order valence-corrected chi connectivity index (χ2v) is 7.73. The van der Waals surface area contributed by atoms with Crippen molar-refractivity contribution in [1.82, 2.24) is 15.5 Å². The average Bonchev–Trinajstić information content (AvgIpc) is 2.85. The number of carbonyl (C=O) groups is 1. The Labute approximate surface area is 199 Å². The Kier molecular flexibility index (Phi) is 7.30. The molecule has 0 aliphatic carbocycles. The summed E-state index contributed by atoms with van der Waals surface area (Å²) >= 11 is 0. The molecule has 0 unspecified atom stereocenters. The molecule has 0 spiro atoms. The summed E-state index contributed by atoms with van der Waals surface area (Å²) in [6.07, 6.45) is 0. The summed E-state index contributed by atoms with van der Waals surface area (Å²) in [5.41, 5.74) is 1.82. The molecule has 3 N–H and O–H groups in total. The van der Waals surface area contributed by atoms with Crippen LogP contribution in [0.15, 0.2) is 72.8 Å². The molecule has 2 amide bonds. The maximum atomic E-state index is 13.3. The molecule has 0 saturated heterocycles. The van der Waals surface area contributed by atoms with E-state index in [1.165, 1.54) is 36.4 Å². The van der Waals surface area contributed by atoms with Crippen LogP contribution in [0.5, 0.6) is 5.75 Å². The van der Waals surface area contributed by atoms with Crippen LogP contribution in [0.25, 0.3) is 22.0 Å². The van der Waals surface area contributed by atoms with E-state index in [9.17, 15) is 18.0 Å². The van der Waals surface area contributed by atoms with E-state index in [1.54, 1.807) is 12.1 Å². The quantitative estimate of drug-likeness (QED) is 0.302. The van der Waals surface area contributed by atoms with Crippen LogP contribution < -0.4 is 20.7 Å². The van der Waals surface area contributed by atoms with E-state index >= 15 is 0 Å². The molecule has 7 nitrogen and oxygen atoms in total. The molecule has 1 aromatic heterocycles. The highest BCUT2D eigenvalue weighted by molar-refractivity contribution is 6.00.